The highest BCUT2D eigenvalue weighted by atomic mass is 32.2. The molecule has 0 radical (unpaired) electrons. The van der Waals surface area contributed by atoms with Crippen LogP contribution in [0.1, 0.15) is 12.0 Å². The Morgan fingerprint density at radius 1 is 1.19 bits per heavy atom. The van der Waals surface area contributed by atoms with Crippen LogP contribution in [-0.2, 0) is 14.3 Å². The lowest BCUT2D eigenvalue weighted by atomic mass is 10.2. The van der Waals surface area contributed by atoms with Crippen LogP contribution in [0.2, 0.25) is 0 Å². The zero-order chi connectivity index (χ0) is 16.3. The molecule has 0 aliphatic rings. The third kappa shape index (κ3) is 3.92. The molecule has 116 valence electrons. The van der Waals surface area contributed by atoms with Crippen LogP contribution in [-0.4, -0.2) is 30.8 Å². The van der Waals surface area contributed by atoms with Crippen molar-refractivity contribution in [3.05, 3.63) is 50.1 Å². The molecule has 0 unspecified atom stereocenters. The van der Waals surface area contributed by atoms with Gasteiger partial charge in [-0.15, -0.1) is 0 Å². The minimum absolute atomic E-state index is 0.236. The normalized spacial score (nSPS) is 12.1. The van der Waals surface area contributed by atoms with E-state index in [9.17, 15) is 33.0 Å². The van der Waals surface area contributed by atoms with Crippen LogP contribution < -0.4 is 0 Å². The molecule has 1 aromatic carbocycles. The monoisotopic (exact) mass is 322 g/mol. The van der Waals surface area contributed by atoms with Gasteiger partial charge in [0, 0.05) is 0 Å². The van der Waals surface area contributed by atoms with Crippen molar-refractivity contribution in [2.24, 2.45) is 0 Å². The molecule has 0 aromatic heterocycles. The van der Waals surface area contributed by atoms with Crippen molar-refractivity contribution < 1.29 is 26.8 Å². The highest BCUT2D eigenvalue weighted by Crippen LogP contribution is 2.20. The van der Waals surface area contributed by atoms with E-state index in [1.807, 2.05) is 0 Å². The van der Waals surface area contributed by atoms with Gasteiger partial charge in [-0.1, -0.05) is 22.1 Å². The molecule has 0 aliphatic carbocycles. The molecule has 11 heteroatoms. The van der Waals surface area contributed by atoms with Crippen LogP contribution in [0.4, 0.5) is 4.39 Å². The van der Waals surface area contributed by atoms with Gasteiger partial charge in [0.1, 0.15) is 9.85 Å². The number of hydrogen-bond acceptors (Lipinski definition) is 7. The number of halogens is 1. The predicted octanol–water partition coefficient (Wildman–Crippen LogP) is 1.27. The Morgan fingerprint density at radius 3 is 2.10 bits per heavy atom. The fourth-order valence-corrected chi connectivity index (χ4v) is 2.21. The summed E-state index contributed by atoms with van der Waals surface area (Å²) in [6.07, 6.45) is -1.34. The predicted molar refractivity (Wildman–Crippen MR) is 66.8 cm³/mol. The van der Waals surface area contributed by atoms with Crippen molar-refractivity contribution in [1.82, 2.24) is 0 Å². The van der Waals surface area contributed by atoms with Crippen molar-refractivity contribution >= 4 is 10.1 Å². The molecule has 21 heavy (non-hydrogen) atoms. The van der Waals surface area contributed by atoms with Gasteiger partial charge in [0.2, 0.25) is 0 Å². The van der Waals surface area contributed by atoms with Crippen LogP contribution >= 0.6 is 0 Å². The Hall–Kier alpha value is -2.14. The third-order valence-electron chi connectivity index (χ3n) is 2.53. The second kappa shape index (κ2) is 6.10. The molecular formula is C10H11FN2O7S. The summed E-state index contributed by atoms with van der Waals surface area (Å²) in [6, 6.07) is 5.44. The molecule has 1 aromatic rings. The molecule has 9 nitrogen and oxygen atoms in total. The van der Waals surface area contributed by atoms with Gasteiger partial charge < -0.3 is 0 Å². The molecule has 0 saturated carbocycles. The van der Waals surface area contributed by atoms with Crippen LogP contribution in [0, 0.1) is 27.2 Å². The number of hydrogen-bond donors (Lipinski definition) is 0. The number of rotatable bonds is 7. The molecular weight excluding hydrogens is 311 g/mol. The Labute approximate surface area is 118 Å². The summed E-state index contributed by atoms with van der Waals surface area (Å²) in [7, 11) is -4.26. The summed E-state index contributed by atoms with van der Waals surface area (Å²) in [5, 5.41) is 20.6. The van der Waals surface area contributed by atoms with E-state index >= 15 is 0 Å². The maximum Gasteiger partial charge on any atom is 0.616 e. The molecule has 0 spiro atoms. The molecule has 0 atom stereocenters. The molecule has 0 saturated heterocycles. The molecule has 1 rings (SSSR count). The van der Waals surface area contributed by atoms with Gasteiger partial charge in [-0.3, -0.25) is 24.4 Å². The first kappa shape index (κ1) is 16.9. The molecule has 0 bridgehead atoms. The van der Waals surface area contributed by atoms with Crippen LogP contribution in [0.5, 0.6) is 0 Å². The number of nitro groups is 2. The fourth-order valence-electron chi connectivity index (χ4n) is 1.30. The lowest BCUT2D eigenvalue weighted by Crippen LogP contribution is -2.42. The van der Waals surface area contributed by atoms with Gasteiger partial charge in [-0.25, -0.2) is 0 Å². The largest absolute Gasteiger partial charge is 0.616 e. The van der Waals surface area contributed by atoms with Gasteiger partial charge in [0.25, 0.3) is 10.1 Å². The Morgan fingerprint density at radius 2 is 1.67 bits per heavy atom. The van der Waals surface area contributed by atoms with Crippen LogP contribution in [0.3, 0.4) is 0 Å². The van der Waals surface area contributed by atoms with Gasteiger partial charge in [0.05, 0.1) is 11.5 Å². The van der Waals surface area contributed by atoms with Crippen molar-refractivity contribution in [3.8, 4) is 0 Å². The number of aryl methyl sites for hydroxylation is 1. The van der Waals surface area contributed by atoms with E-state index in [1.54, 1.807) is 6.92 Å². The van der Waals surface area contributed by atoms with E-state index in [2.05, 4.69) is 4.18 Å². The quantitative estimate of drug-likeness (QED) is 0.243. The average Bonchev–Trinajstić information content (AvgIpc) is 2.38. The maximum absolute atomic E-state index is 13.4. The first-order valence-electron chi connectivity index (χ1n) is 5.53. The smallest absolute Gasteiger partial charge is 0.266 e. The molecule has 0 heterocycles. The van der Waals surface area contributed by atoms with E-state index in [0.29, 0.717) is 0 Å². The minimum atomic E-state index is -4.26. The fraction of sp³-hybridized carbons (Fsp3) is 0.400. The summed E-state index contributed by atoms with van der Waals surface area (Å²) in [5.41, 5.74) is 0.790. The van der Waals surface area contributed by atoms with E-state index in [4.69, 9.17) is 0 Å². The van der Waals surface area contributed by atoms with Crippen molar-refractivity contribution in [1.29, 1.82) is 0 Å². The van der Waals surface area contributed by atoms with Crippen molar-refractivity contribution in [2.75, 3.05) is 6.61 Å². The summed E-state index contributed by atoms with van der Waals surface area (Å²) in [5.74, 6) is -3.98. The Kier molecular flexibility index (Phi) is 4.91. The van der Waals surface area contributed by atoms with E-state index in [1.165, 1.54) is 24.3 Å². The molecule has 0 N–H and O–H groups in total. The number of benzene rings is 1. The number of alkyl halides is 1. The molecule has 0 fully saturated rings. The lowest BCUT2D eigenvalue weighted by molar-refractivity contribution is -0.832. The Bertz CT molecular complexity index is 630. The maximum atomic E-state index is 13.4. The molecule has 0 amide bonds. The Balaban J connectivity index is 2.77. The van der Waals surface area contributed by atoms with Gasteiger partial charge >= 0.3 is 5.92 Å². The van der Waals surface area contributed by atoms with Crippen LogP contribution in [0.15, 0.2) is 29.2 Å². The van der Waals surface area contributed by atoms with Gasteiger partial charge in [-0.2, -0.15) is 8.42 Å². The number of nitrogens with zero attached hydrogens (tertiary/aromatic N) is 2. The summed E-state index contributed by atoms with van der Waals surface area (Å²) in [6.45, 7) is 0.692. The third-order valence-corrected chi connectivity index (χ3v) is 3.85. The van der Waals surface area contributed by atoms with E-state index in [-0.39, 0.29) is 4.90 Å². The minimum Gasteiger partial charge on any atom is -0.266 e. The average molecular weight is 322 g/mol. The summed E-state index contributed by atoms with van der Waals surface area (Å²) in [4.78, 5) is 16.9. The van der Waals surface area contributed by atoms with Crippen LogP contribution in [0.25, 0.3) is 0 Å². The molecule has 0 aliphatic heterocycles. The van der Waals surface area contributed by atoms with Gasteiger partial charge in [0.15, 0.2) is 6.42 Å². The van der Waals surface area contributed by atoms with Crippen molar-refractivity contribution in [3.63, 3.8) is 0 Å². The topological polar surface area (TPSA) is 130 Å². The summed E-state index contributed by atoms with van der Waals surface area (Å²) < 4.78 is 41.1. The summed E-state index contributed by atoms with van der Waals surface area (Å²) >= 11 is 0. The zero-order valence-electron chi connectivity index (χ0n) is 10.8. The second-order valence-electron chi connectivity index (χ2n) is 4.07. The first-order chi connectivity index (χ1) is 9.59. The van der Waals surface area contributed by atoms with Gasteiger partial charge in [-0.05, 0) is 19.1 Å². The van der Waals surface area contributed by atoms with E-state index < -0.39 is 38.9 Å². The second-order valence-corrected chi connectivity index (χ2v) is 5.69. The lowest BCUT2D eigenvalue weighted by Gasteiger charge is -2.09. The highest BCUT2D eigenvalue weighted by molar-refractivity contribution is 7.86. The first-order valence-corrected chi connectivity index (χ1v) is 6.94. The SMILES string of the molecule is Cc1ccc(S(=O)(=O)OCCC(F)([N+](=O)[O-])[N+](=O)[O-])cc1. The zero-order valence-corrected chi connectivity index (χ0v) is 11.6. The standard InChI is InChI=1S/C10H11FN2O7S/c1-8-2-4-9(5-3-8)21(18,19)20-7-6-10(11,12(14)15)13(16)17/h2-5H,6-7H2,1H3. The van der Waals surface area contributed by atoms with E-state index in [0.717, 1.165) is 5.56 Å². The highest BCUT2D eigenvalue weighted by Gasteiger charge is 2.57. The van der Waals surface area contributed by atoms with Crippen molar-refractivity contribution in [2.45, 2.75) is 24.2 Å².